The van der Waals surface area contributed by atoms with Gasteiger partial charge in [0.15, 0.2) is 11.6 Å². The molecule has 0 aromatic carbocycles. The molecule has 0 aromatic heterocycles. The molecule has 0 fully saturated rings. The van der Waals surface area contributed by atoms with Crippen molar-refractivity contribution in [1.82, 2.24) is 0 Å². The van der Waals surface area contributed by atoms with Gasteiger partial charge in [0.05, 0.1) is 0 Å². The first-order valence-corrected chi connectivity index (χ1v) is 4.20. The van der Waals surface area contributed by atoms with Crippen LogP contribution in [0.3, 0.4) is 0 Å². The van der Waals surface area contributed by atoms with Crippen molar-refractivity contribution in [2.24, 2.45) is 5.92 Å². The monoisotopic (exact) mass is 162 g/mol. The van der Waals surface area contributed by atoms with Gasteiger partial charge in [0, 0.05) is 17.6 Å². The summed E-state index contributed by atoms with van der Waals surface area (Å²) in [4.78, 5) is 22.6. The quantitative estimate of drug-likeness (QED) is 0.539. The van der Waals surface area contributed by atoms with Gasteiger partial charge in [0.2, 0.25) is 0 Å². The molecule has 1 atom stereocenters. The molecule has 0 spiro atoms. The van der Waals surface area contributed by atoms with Crippen molar-refractivity contribution in [3.8, 4) is 0 Å². The Bertz CT molecular complexity index is 321. The highest BCUT2D eigenvalue weighted by Crippen LogP contribution is 2.32. The molecule has 0 N–H and O–H groups in total. The molecule has 2 heteroatoms. The van der Waals surface area contributed by atoms with Crippen LogP contribution in [0.5, 0.6) is 0 Å². The van der Waals surface area contributed by atoms with E-state index in [0.29, 0.717) is 12.0 Å². The Labute approximate surface area is 71.0 Å². The van der Waals surface area contributed by atoms with Gasteiger partial charge in [-0.25, -0.2) is 0 Å². The van der Waals surface area contributed by atoms with Crippen LogP contribution in [0.1, 0.15) is 19.8 Å². The molecule has 2 nitrogen and oxygen atoms in total. The van der Waals surface area contributed by atoms with Gasteiger partial charge < -0.3 is 0 Å². The first kappa shape index (κ1) is 7.47. The van der Waals surface area contributed by atoms with Gasteiger partial charge in [0.1, 0.15) is 0 Å². The third-order valence-electron chi connectivity index (χ3n) is 2.55. The first-order chi connectivity index (χ1) is 5.70. The highest BCUT2D eigenvalue weighted by molar-refractivity contribution is 6.17. The van der Waals surface area contributed by atoms with E-state index in [-0.39, 0.29) is 17.5 Å². The Kier molecular flexibility index (Phi) is 1.50. The lowest BCUT2D eigenvalue weighted by Gasteiger charge is -2.18. The molecule has 0 saturated heterocycles. The van der Waals surface area contributed by atoms with Crippen LogP contribution in [0.15, 0.2) is 23.3 Å². The van der Waals surface area contributed by atoms with Crippen LogP contribution >= 0.6 is 0 Å². The lowest BCUT2D eigenvalue weighted by molar-refractivity contribution is -0.117. The SMILES string of the molecule is CC1CCC(=O)C2=C1C(=O)C=C2. The van der Waals surface area contributed by atoms with Crippen molar-refractivity contribution in [3.05, 3.63) is 23.3 Å². The zero-order chi connectivity index (χ0) is 8.72. The molecule has 0 aliphatic heterocycles. The Morgan fingerprint density at radius 2 is 2.08 bits per heavy atom. The standard InChI is InChI=1S/C10H10O2/c1-6-2-4-8(11)7-3-5-9(12)10(6)7/h3,5-6H,2,4H2,1H3. The summed E-state index contributed by atoms with van der Waals surface area (Å²) in [5.41, 5.74) is 1.41. The van der Waals surface area contributed by atoms with Crippen LogP contribution in [-0.4, -0.2) is 11.6 Å². The van der Waals surface area contributed by atoms with Gasteiger partial charge in [-0.1, -0.05) is 6.92 Å². The minimum absolute atomic E-state index is 0.0329. The molecule has 0 radical (unpaired) electrons. The number of carbonyl (C=O) groups excluding carboxylic acids is 2. The van der Waals surface area contributed by atoms with Gasteiger partial charge in [0.25, 0.3) is 0 Å². The van der Waals surface area contributed by atoms with E-state index in [2.05, 4.69) is 0 Å². The van der Waals surface area contributed by atoms with Crippen molar-refractivity contribution in [2.45, 2.75) is 19.8 Å². The number of carbonyl (C=O) groups is 2. The summed E-state index contributed by atoms with van der Waals surface area (Å²) in [5.74, 6) is 0.427. The molecule has 12 heavy (non-hydrogen) atoms. The number of ketones is 2. The zero-order valence-corrected chi connectivity index (χ0v) is 6.96. The Morgan fingerprint density at radius 3 is 2.75 bits per heavy atom. The van der Waals surface area contributed by atoms with Gasteiger partial charge >= 0.3 is 0 Å². The van der Waals surface area contributed by atoms with Gasteiger partial charge in [-0.05, 0) is 24.5 Å². The van der Waals surface area contributed by atoms with E-state index in [1.54, 1.807) is 6.08 Å². The topological polar surface area (TPSA) is 34.1 Å². The maximum Gasteiger partial charge on any atom is 0.182 e. The summed E-state index contributed by atoms with van der Waals surface area (Å²) in [6, 6.07) is 0. The van der Waals surface area contributed by atoms with Crippen LogP contribution in [0.2, 0.25) is 0 Å². The lowest BCUT2D eigenvalue weighted by atomic mass is 9.84. The molecule has 1 unspecified atom stereocenters. The fourth-order valence-electron chi connectivity index (χ4n) is 1.85. The normalized spacial score (nSPS) is 28.2. The molecule has 2 aliphatic carbocycles. The Hall–Kier alpha value is -1.18. The number of hydrogen-bond acceptors (Lipinski definition) is 2. The van der Waals surface area contributed by atoms with E-state index < -0.39 is 0 Å². The zero-order valence-electron chi connectivity index (χ0n) is 6.96. The highest BCUT2D eigenvalue weighted by atomic mass is 16.1. The molecular formula is C10H10O2. The summed E-state index contributed by atoms with van der Waals surface area (Å²) >= 11 is 0. The minimum Gasteiger partial charge on any atom is -0.294 e. The summed E-state index contributed by atoms with van der Waals surface area (Å²) in [5, 5.41) is 0. The van der Waals surface area contributed by atoms with Gasteiger partial charge in [-0.2, -0.15) is 0 Å². The minimum atomic E-state index is 0.0329. The van der Waals surface area contributed by atoms with E-state index in [1.807, 2.05) is 6.92 Å². The molecule has 62 valence electrons. The van der Waals surface area contributed by atoms with Crippen molar-refractivity contribution in [2.75, 3.05) is 0 Å². The van der Waals surface area contributed by atoms with E-state index in [1.165, 1.54) is 6.08 Å². The molecule has 0 heterocycles. The maximum absolute atomic E-state index is 11.3. The second kappa shape index (κ2) is 2.41. The smallest absolute Gasteiger partial charge is 0.182 e. The molecular weight excluding hydrogens is 152 g/mol. The average Bonchev–Trinajstić information content (AvgIpc) is 2.42. The van der Waals surface area contributed by atoms with E-state index in [4.69, 9.17) is 0 Å². The van der Waals surface area contributed by atoms with Gasteiger partial charge in [-0.15, -0.1) is 0 Å². The van der Waals surface area contributed by atoms with Crippen molar-refractivity contribution in [1.29, 1.82) is 0 Å². The number of rotatable bonds is 0. The predicted octanol–water partition coefficient (Wildman–Crippen LogP) is 1.42. The molecule has 0 aromatic rings. The van der Waals surface area contributed by atoms with Crippen LogP contribution < -0.4 is 0 Å². The third-order valence-corrected chi connectivity index (χ3v) is 2.55. The highest BCUT2D eigenvalue weighted by Gasteiger charge is 2.30. The van der Waals surface area contributed by atoms with E-state index in [9.17, 15) is 9.59 Å². The summed E-state index contributed by atoms with van der Waals surface area (Å²) in [6.07, 6.45) is 4.59. The lowest BCUT2D eigenvalue weighted by Crippen LogP contribution is -2.18. The second-order valence-electron chi connectivity index (χ2n) is 3.39. The van der Waals surface area contributed by atoms with E-state index in [0.717, 1.165) is 12.0 Å². The van der Waals surface area contributed by atoms with E-state index >= 15 is 0 Å². The van der Waals surface area contributed by atoms with Crippen molar-refractivity contribution in [3.63, 3.8) is 0 Å². The van der Waals surface area contributed by atoms with Crippen molar-refractivity contribution >= 4 is 11.6 Å². The van der Waals surface area contributed by atoms with Crippen LogP contribution in [0.4, 0.5) is 0 Å². The molecule has 0 saturated carbocycles. The predicted molar refractivity (Wildman–Crippen MR) is 44.6 cm³/mol. The molecule has 0 bridgehead atoms. The largest absolute Gasteiger partial charge is 0.294 e. The summed E-state index contributed by atoms with van der Waals surface area (Å²) in [7, 11) is 0. The van der Waals surface area contributed by atoms with Crippen LogP contribution in [0.25, 0.3) is 0 Å². The fraction of sp³-hybridized carbons (Fsp3) is 0.400. The Balaban J connectivity index is 2.50. The second-order valence-corrected chi connectivity index (χ2v) is 3.39. The maximum atomic E-state index is 11.3. The third kappa shape index (κ3) is 0.876. The molecule has 0 amide bonds. The summed E-state index contributed by atoms with van der Waals surface area (Å²) in [6.45, 7) is 2.01. The number of allylic oxidation sites excluding steroid dienone is 4. The summed E-state index contributed by atoms with van der Waals surface area (Å²) < 4.78 is 0. The number of hydrogen-bond donors (Lipinski definition) is 0. The molecule has 2 aliphatic rings. The van der Waals surface area contributed by atoms with Crippen molar-refractivity contribution < 1.29 is 9.59 Å². The molecule has 2 rings (SSSR count). The van der Waals surface area contributed by atoms with Gasteiger partial charge in [-0.3, -0.25) is 9.59 Å². The number of Topliss-reactive ketones (excluding diaryl/α,β-unsaturated/α-hetero) is 1. The first-order valence-electron chi connectivity index (χ1n) is 4.20. The average molecular weight is 162 g/mol. The fourth-order valence-corrected chi connectivity index (χ4v) is 1.85. The van der Waals surface area contributed by atoms with Crippen LogP contribution in [0, 0.1) is 5.92 Å². The Morgan fingerprint density at radius 1 is 1.33 bits per heavy atom. The van der Waals surface area contributed by atoms with Crippen LogP contribution in [-0.2, 0) is 9.59 Å².